The van der Waals surface area contributed by atoms with Crippen LogP contribution >= 0.6 is 0 Å². The maximum atomic E-state index is 5.30. The molecular weight excluding hydrogens is 142 g/mol. The van der Waals surface area contributed by atoms with E-state index in [1.165, 1.54) is 6.42 Å². The molecule has 1 aromatic rings. The molecule has 0 atom stereocenters. The molecule has 0 spiro atoms. The van der Waals surface area contributed by atoms with Gasteiger partial charge in [-0.3, -0.25) is 0 Å². The van der Waals surface area contributed by atoms with Gasteiger partial charge >= 0.3 is 0 Å². The molecule has 4 nitrogen and oxygen atoms in total. The summed E-state index contributed by atoms with van der Waals surface area (Å²) < 4.78 is 5.30. The number of hydrogen-bond donors (Lipinski definition) is 1. The summed E-state index contributed by atoms with van der Waals surface area (Å²) in [5.41, 5.74) is 0.862. The number of aromatic nitrogens is 3. The highest BCUT2D eigenvalue weighted by atomic mass is 16.5. The Bertz CT molecular complexity index is 174. The zero-order chi connectivity index (χ0) is 7.94. The van der Waals surface area contributed by atoms with Crippen molar-refractivity contribution in [2.75, 3.05) is 6.61 Å². The second kappa shape index (κ2) is 4.85. The largest absolute Gasteiger partial charge is 0.375 e. The van der Waals surface area contributed by atoms with E-state index in [0.29, 0.717) is 6.61 Å². The standard InChI is InChI=1S/C7H13N3O/c1-2-3-4-11-6-7-5-8-10-9-7/h5H,2-4,6H2,1H3,(H,8,9,10). The van der Waals surface area contributed by atoms with Gasteiger partial charge in [0.15, 0.2) is 0 Å². The van der Waals surface area contributed by atoms with Crippen molar-refractivity contribution in [1.29, 1.82) is 0 Å². The van der Waals surface area contributed by atoms with E-state index in [1.807, 2.05) is 0 Å². The van der Waals surface area contributed by atoms with Gasteiger partial charge in [-0.1, -0.05) is 13.3 Å². The fourth-order valence-corrected chi connectivity index (χ4v) is 0.718. The van der Waals surface area contributed by atoms with Crippen LogP contribution in [0.3, 0.4) is 0 Å². The van der Waals surface area contributed by atoms with Crippen molar-refractivity contribution in [2.24, 2.45) is 0 Å². The van der Waals surface area contributed by atoms with Gasteiger partial charge in [-0.25, -0.2) is 0 Å². The highest BCUT2D eigenvalue weighted by molar-refractivity contribution is 4.86. The minimum Gasteiger partial charge on any atom is -0.375 e. The third kappa shape index (κ3) is 3.13. The van der Waals surface area contributed by atoms with Crippen LogP contribution in [0.4, 0.5) is 0 Å². The maximum absolute atomic E-state index is 5.30. The van der Waals surface area contributed by atoms with Crippen molar-refractivity contribution in [3.63, 3.8) is 0 Å². The van der Waals surface area contributed by atoms with Gasteiger partial charge in [0.2, 0.25) is 0 Å². The number of H-pyrrole nitrogens is 1. The molecule has 0 radical (unpaired) electrons. The zero-order valence-electron chi connectivity index (χ0n) is 6.71. The van der Waals surface area contributed by atoms with Gasteiger partial charge in [-0.15, -0.1) is 0 Å². The maximum Gasteiger partial charge on any atom is 0.108 e. The van der Waals surface area contributed by atoms with Crippen LogP contribution in [0.15, 0.2) is 6.20 Å². The molecular formula is C7H13N3O. The molecule has 0 amide bonds. The van der Waals surface area contributed by atoms with Gasteiger partial charge in [0.05, 0.1) is 12.8 Å². The van der Waals surface area contributed by atoms with E-state index in [4.69, 9.17) is 4.74 Å². The molecule has 62 valence electrons. The van der Waals surface area contributed by atoms with E-state index in [0.717, 1.165) is 18.7 Å². The van der Waals surface area contributed by atoms with Gasteiger partial charge in [0.25, 0.3) is 0 Å². The lowest BCUT2D eigenvalue weighted by molar-refractivity contribution is 0.115. The van der Waals surface area contributed by atoms with Crippen molar-refractivity contribution in [3.8, 4) is 0 Å². The first-order valence-electron chi connectivity index (χ1n) is 3.86. The lowest BCUT2D eigenvalue weighted by Gasteiger charge is -1.98. The second-order valence-electron chi connectivity index (χ2n) is 2.37. The van der Waals surface area contributed by atoms with Gasteiger partial charge in [0.1, 0.15) is 5.69 Å². The van der Waals surface area contributed by atoms with Crippen LogP contribution in [-0.4, -0.2) is 22.0 Å². The number of nitrogens with one attached hydrogen (secondary N) is 1. The molecule has 0 fully saturated rings. The average molecular weight is 155 g/mol. The third-order valence-corrected chi connectivity index (χ3v) is 1.36. The molecule has 0 saturated heterocycles. The van der Waals surface area contributed by atoms with E-state index in [1.54, 1.807) is 6.20 Å². The predicted molar refractivity (Wildman–Crippen MR) is 40.9 cm³/mol. The predicted octanol–water partition coefficient (Wildman–Crippen LogP) is 1.12. The van der Waals surface area contributed by atoms with Gasteiger partial charge in [-0.2, -0.15) is 15.4 Å². The van der Waals surface area contributed by atoms with E-state index in [2.05, 4.69) is 22.3 Å². The quantitative estimate of drug-likeness (QED) is 0.648. The SMILES string of the molecule is CCCCOCc1cn[nH]n1. The molecule has 0 saturated carbocycles. The second-order valence-corrected chi connectivity index (χ2v) is 2.37. The van der Waals surface area contributed by atoms with Crippen LogP contribution < -0.4 is 0 Å². The van der Waals surface area contributed by atoms with Crippen LogP contribution in [0.2, 0.25) is 0 Å². The Hall–Kier alpha value is -0.900. The number of unbranched alkanes of at least 4 members (excludes halogenated alkanes) is 1. The molecule has 0 unspecified atom stereocenters. The normalized spacial score (nSPS) is 10.3. The first-order valence-corrected chi connectivity index (χ1v) is 3.86. The molecule has 4 heteroatoms. The number of aromatic amines is 1. The Morgan fingerprint density at radius 3 is 3.18 bits per heavy atom. The summed E-state index contributed by atoms with van der Waals surface area (Å²) in [5.74, 6) is 0. The van der Waals surface area contributed by atoms with Crippen molar-refractivity contribution in [2.45, 2.75) is 26.4 Å². The summed E-state index contributed by atoms with van der Waals surface area (Å²) in [5, 5.41) is 10.0. The topological polar surface area (TPSA) is 50.8 Å². The molecule has 0 aliphatic heterocycles. The lowest BCUT2D eigenvalue weighted by Crippen LogP contribution is -1.94. The lowest BCUT2D eigenvalue weighted by atomic mass is 10.4. The van der Waals surface area contributed by atoms with E-state index in [9.17, 15) is 0 Å². The Kier molecular flexibility index (Phi) is 3.61. The van der Waals surface area contributed by atoms with Crippen LogP contribution in [0.25, 0.3) is 0 Å². The van der Waals surface area contributed by atoms with Crippen molar-refractivity contribution in [3.05, 3.63) is 11.9 Å². The third-order valence-electron chi connectivity index (χ3n) is 1.36. The fraction of sp³-hybridized carbons (Fsp3) is 0.714. The van der Waals surface area contributed by atoms with Gasteiger partial charge < -0.3 is 4.74 Å². The summed E-state index contributed by atoms with van der Waals surface area (Å²) in [6.45, 7) is 3.51. The Morgan fingerprint density at radius 2 is 2.55 bits per heavy atom. The first kappa shape index (κ1) is 8.20. The highest BCUT2D eigenvalue weighted by Crippen LogP contribution is 1.94. The zero-order valence-corrected chi connectivity index (χ0v) is 6.71. The van der Waals surface area contributed by atoms with Gasteiger partial charge in [0, 0.05) is 6.61 Å². The number of rotatable bonds is 5. The minimum atomic E-state index is 0.566. The minimum absolute atomic E-state index is 0.566. The van der Waals surface area contributed by atoms with Crippen molar-refractivity contribution < 1.29 is 4.74 Å². The smallest absolute Gasteiger partial charge is 0.108 e. The Morgan fingerprint density at radius 1 is 1.64 bits per heavy atom. The summed E-state index contributed by atoms with van der Waals surface area (Å²) in [7, 11) is 0. The molecule has 1 heterocycles. The van der Waals surface area contributed by atoms with Crippen LogP contribution in [-0.2, 0) is 11.3 Å². The molecule has 0 bridgehead atoms. The Balaban J connectivity index is 2.04. The summed E-state index contributed by atoms with van der Waals surface area (Å²) in [4.78, 5) is 0. The average Bonchev–Trinajstić information content (AvgIpc) is 2.50. The number of ether oxygens (including phenoxy) is 1. The van der Waals surface area contributed by atoms with E-state index in [-0.39, 0.29) is 0 Å². The fourth-order valence-electron chi connectivity index (χ4n) is 0.718. The summed E-state index contributed by atoms with van der Waals surface area (Å²) in [6.07, 6.45) is 3.95. The van der Waals surface area contributed by atoms with E-state index < -0.39 is 0 Å². The Labute approximate surface area is 66.0 Å². The molecule has 0 aliphatic rings. The summed E-state index contributed by atoms with van der Waals surface area (Å²) in [6, 6.07) is 0. The molecule has 1 N–H and O–H groups in total. The van der Waals surface area contributed by atoms with Crippen LogP contribution in [0.5, 0.6) is 0 Å². The first-order chi connectivity index (χ1) is 5.43. The summed E-state index contributed by atoms with van der Waals surface area (Å²) >= 11 is 0. The van der Waals surface area contributed by atoms with Crippen molar-refractivity contribution in [1.82, 2.24) is 15.4 Å². The molecule has 0 aromatic carbocycles. The number of hydrogen-bond acceptors (Lipinski definition) is 3. The van der Waals surface area contributed by atoms with E-state index >= 15 is 0 Å². The van der Waals surface area contributed by atoms with Crippen LogP contribution in [0, 0.1) is 0 Å². The molecule has 1 rings (SSSR count). The van der Waals surface area contributed by atoms with Crippen LogP contribution in [0.1, 0.15) is 25.5 Å². The molecule has 11 heavy (non-hydrogen) atoms. The van der Waals surface area contributed by atoms with Gasteiger partial charge in [-0.05, 0) is 6.42 Å². The molecule has 0 aliphatic carbocycles. The monoisotopic (exact) mass is 155 g/mol. The number of nitrogens with zero attached hydrogens (tertiary/aromatic N) is 2. The molecule has 1 aromatic heterocycles. The highest BCUT2D eigenvalue weighted by Gasteiger charge is 1.93. The van der Waals surface area contributed by atoms with Crippen molar-refractivity contribution >= 4 is 0 Å².